The Morgan fingerprint density at radius 3 is 2.20 bits per heavy atom. The predicted octanol–water partition coefficient (Wildman–Crippen LogP) is 0.683. The predicted molar refractivity (Wildman–Crippen MR) is 42.1 cm³/mol. The van der Waals surface area contributed by atoms with E-state index < -0.39 is 23.6 Å². The fourth-order valence-corrected chi connectivity index (χ4v) is 0.596. The Kier molecular flexibility index (Phi) is 4.75. The van der Waals surface area contributed by atoms with Gasteiger partial charge in [0.2, 0.25) is 5.71 Å². The van der Waals surface area contributed by atoms with Gasteiger partial charge in [-0.3, -0.25) is 4.79 Å². The molecule has 0 N–H and O–H groups in total. The second kappa shape index (κ2) is 5.32. The molecular weight excluding hydrogens is 219 g/mol. The van der Waals surface area contributed by atoms with Crippen LogP contribution in [0.4, 0.5) is 13.2 Å². The van der Waals surface area contributed by atoms with Crippen molar-refractivity contribution in [2.75, 3.05) is 13.7 Å². The van der Waals surface area contributed by atoms with Crippen LogP contribution in [0.25, 0.3) is 0 Å². The zero-order valence-corrected chi connectivity index (χ0v) is 7.92. The number of ether oxygens (including phenoxy) is 1. The Labute approximate surface area is 82.8 Å². The first kappa shape index (κ1) is 13.4. The zero-order chi connectivity index (χ0) is 12.1. The van der Waals surface area contributed by atoms with Crippen LogP contribution >= 0.6 is 0 Å². The Morgan fingerprint density at radius 1 is 1.33 bits per heavy atom. The third-order valence-corrected chi connectivity index (χ3v) is 1.12. The molecule has 0 fully saturated rings. The summed E-state index contributed by atoms with van der Waals surface area (Å²) in [4.78, 5) is 25.5. The summed E-state index contributed by atoms with van der Waals surface area (Å²) in [6, 6.07) is 0. The van der Waals surface area contributed by atoms with E-state index in [9.17, 15) is 22.8 Å². The molecule has 0 aliphatic heterocycles. The van der Waals surface area contributed by atoms with E-state index in [0.29, 0.717) is 0 Å². The molecule has 0 amide bonds. The lowest BCUT2D eigenvalue weighted by atomic mass is 10.2. The molecule has 0 aromatic rings. The lowest BCUT2D eigenvalue weighted by Gasteiger charge is -2.06. The Balaban J connectivity index is 4.92. The number of Topliss-reactive ketones (excluding diaryl/α,β-unsaturated/α-hetero) is 1. The molecule has 86 valence electrons. The quantitative estimate of drug-likeness (QED) is 0.306. The van der Waals surface area contributed by atoms with E-state index in [2.05, 4.69) is 14.7 Å². The molecule has 0 saturated carbocycles. The second-order valence-electron chi connectivity index (χ2n) is 2.17. The highest BCUT2D eigenvalue weighted by atomic mass is 19.4. The first-order chi connectivity index (χ1) is 6.84. The molecule has 5 nitrogen and oxygen atoms in total. The smallest absolute Gasteiger partial charge is 0.456 e. The molecule has 0 unspecified atom stereocenters. The number of halogens is 3. The number of hydrogen-bond donors (Lipinski definition) is 0. The van der Waals surface area contributed by atoms with Crippen LogP contribution in [0.3, 0.4) is 0 Å². The lowest BCUT2D eigenvalue weighted by molar-refractivity contribution is -0.164. The number of carbonyl (C=O) groups excluding carboxylic acids is 2. The molecule has 0 aliphatic carbocycles. The van der Waals surface area contributed by atoms with Crippen LogP contribution in [0.5, 0.6) is 0 Å². The van der Waals surface area contributed by atoms with Gasteiger partial charge in [0.15, 0.2) is 0 Å². The van der Waals surface area contributed by atoms with Gasteiger partial charge >= 0.3 is 12.1 Å². The molecular formula is C7H8F3NO4. The van der Waals surface area contributed by atoms with E-state index in [4.69, 9.17) is 0 Å². The average molecular weight is 227 g/mol. The molecule has 0 radical (unpaired) electrons. The van der Waals surface area contributed by atoms with E-state index in [1.807, 2.05) is 0 Å². The minimum Gasteiger partial charge on any atom is -0.461 e. The fourth-order valence-electron chi connectivity index (χ4n) is 0.596. The highest BCUT2D eigenvalue weighted by Gasteiger charge is 2.45. The van der Waals surface area contributed by atoms with Crippen molar-refractivity contribution in [2.24, 2.45) is 5.16 Å². The summed E-state index contributed by atoms with van der Waals surface area (Å²) in [6.45, 7) is 1.20. The van der Waals surface area contributed by atoms with Crippen molar-refractivity contribution >= 4 is 17.5 Å². The van der Waals surface area contributed by atoms with E-state index in [1.165, 1.54) is 6.92 Å². The zero-order valence-electron chi connectivity index (χ0n) is 7.92. The fraction of sp³-hybridized carbons (Fsp3) is 0.571. The number of carbonyl (C=O) groups is 2. The van der Waals surface area contributed by atoms with E-state index >= 15 is 0 Å². The maximum atomic E-state index is 11.9. The molecule has 0 heterocycles. The van der Waals surface area contributed by atoms with Crippen molar-refractivity contribution in [3.8, 4) is 0 Å². The van der Waals surface area contributed by atoms with Crippen LogP contribution in [0.2, 0.25) is 0 Å². The van der Waals surface area contributed by atoms with E-state index in [-0.39, 0.29) is 6.61 Å². The van der Waals surface area contributed by atoms with Gasteiger partial charge in [-0.2, -0.15) is 13.2 Å². The summed E-state index contributed by atoms with van der Waals surface area (Å²) in [5.74, 6) is -3.87. The summed E-state index contributed by atoms with van der Waals surface area (Å²) in [5.41, 5.74) is -1.42. The van der Waals surface area contributed by atoms with Gasteiger partial charge in [0.1, 0.15) is 7.11 Å². The van der Waals surface area contributed by atoms with Gasteiger partial charge in [-0.25, -0.2) is 4.79 Å². The molecule has 0 saturated heterocycles. The van der Waals surface area contributed by atoms with Crippen molar-refractivity contribution in [2.45, 2.75) is 13.1 Å². The first-order valence-electron chi connectivity index (χ1n) is 3.74. The van der Waals surface area contributed by atoms with Gasteiger partial charge in [0.05, 0.1) is 6.61 Å². The van der Waals surface area contributed by atoms with Gasteiger partial charge < -0.3 is 9.57 Å². The SMILES string of the molecule is CCOC(=O)/C(=N\OC)C(=O)C(F)(F)F. The Bertz CT molecular complexity index is 284. The monoisotopic (exact) mass is 227 g/mol. The molecule has 0 bridgehead atoms. The molecule has 0 aromatic carbocycles. The van der Waals surface area contributed by atoms with Gasteiger partial charge in [-0.1, -0.05) is 5.16 Å². The normalized spacial score (nSPS) is 12.2. The van der Waals surface area contributed by atoms with Gasteiger partial charge in [-0.05, 0) is 6.92 Å². The van der Waals surface area contributed by atoms with Crippen molar-refractivity contribution < 1.29 is 32.3 Å². The number of hydrogen-bond acceptors (Lipinski definition) is 5. The molecule has 0 atom stereocenters. The summed E-state index contributed by atoms with van der Waals surface area (Å²) < 4.78 is 40.0. The molecule has 0 rings (SSSR count). The van der Waals surface area contributed by atoms with Crippen molar-refractivity contribution in [1.29, 1.82) is 0 Å². The van der Waals surface area contributed by atoms with Gasteiger partial charge in [0.25, 0.3) is 5.78 Å². The van der Waals surface area contributed by atoms with E-state index in [1.54, 1.807) is 0 Å². The van der Waals surface area contributed by atoms with Crippen LogP contribution in [0.1, 0.15) is 6.92 Å². The second-order valence-corrected chi connectivity index (χ2v) is 2.17. The molecule has 8 heteroatoms. The third kappa shape index (κ3) is 3.96. The highest BCUT2D eigenvalue weighted by Crippen LogP contribution is 2.17. The van der Waals surface area contributed by atoms with Gasteiger partial charge in [-0.15, -0.1) is 0 Å². The van der Waals surface area contributed by atoms with Crippen molar-refractivity contribution in [3.05, 3.63) is 0 Å². The molecule has 0 aromatic heterocycles. The average Bonchev–Trinajstić information content (AvgIpc) is 2.12. The maximum Gasteiger partial charge on any atom is 0.456 e. The summed E-state index contributed by atoms with van der Waals surface area (Å²) in [6.07, 6.45) is -5.19. The van der Waals surface area contributed by atoms with E-state index in [0.717, 1.165) is 7.11 Å². The summed E-state index contributed by atoms with van der Waals surface area (Å²) in [5, 5.41) is 2.68. The minimum absolute atomic E-state index is 0.174. The number of oxime groups is 1. The standard InChI is InChI=1S/C7H8F3NO4/c1-3-15-6(13)4(11-14-2)5(12)7(8,9)10/h3H2,1-2H3/b11-4-. The lowest BCUT2D eigenvalue weighted by Crippen LogP contribution is -2.37. The van der Waals surface area contributed by atoms with Crippen LogP contribution in [0, 0.1) is 0 Å². The van der Waals surface area contributed by atoms with Crippen LogP contribution in [-0.2, 0) is 19.2 Å². The summed E-state index contributed by atoms with van der Waals surface area (Å²) in [7, 11) is 0.906. The minimum atomic E-state index is -5.19. The number of nitrogens with zero attached hydrogens (tertiary/aromatic N) is 1. The number of alkyl halides is 3. The largest absolute Gasteiger partial charge is 0.461 e. The topological polar surface area (TPSA) is 65.0 Å². The third-order valence-electron chi connectivity index (χ3n) is 1.12. The first-order valence-corrected chi connectivity index (χ1v) is 3.74. The summed E-state index contributed by atoms with van der Waals surface area (Å²) >= 11 is 0. The Morgan fingerprint density at radius 2 is 1.87 bits per heavy atom. The van der Waals surface area contributed by atoms with Crippen molar-refractivity contribution in [3.63, 3.8) is 0 Å². The molecule has 0 aliphatic rings. The number of esters is 1. The van der Waals surface area contributed by atoms with Gasteiger partial charge in [0, 0.05) is 0 Å². The number of rotatable bonds is 4. The Hall–Kier alpha value is -1.60. The highest BCUT2D eigenvalue weighted by molar-refractivity contribution is 6.65. The number of ketones is 1. The molecule has 15 heavy (non-hydrogen) atoms. The molecule has 0 spiro atoms. The van der Waals surface area contributed by atoms with Crippen LogP contribution in [0.15, 0.2) is 5.16 Å². The maximum absolute atomic E-state index is 11.9. The van der Waals surface area contributed by atoms with Crippen LogP contribution < -0.4 is 0 Å². The van der Waals surface area contributed by atoms with Crippen molar-refractivity contribution in [1.82, 2.24) is 0 Å². The van der Waals surface area contributed by atoms with Crippen LogP contribution in [-0.4, -0.2) is 37.4 Å².